The Morgan fingerprint density at radius 3 is 2.77 bits per heavy atom. The molecule has 2 saturated carbocycles. The average Bonchev–Trinajstić information content (AvgIpc) is 2.79. The van der Waals surface area contributed by atoms with Gasteiger partial charge < -0.3 is 5.11 Å². The van der Waals surface area contributed by atoms with E-state index in [0.717, 1.165) is 18.3 Å². The van der Waals surface area contributed by atoms with Gasteiger partial charge >= 0.3 is 0 Å². The van der Waals surface area contributed by atoms with E-state index >= 15 is 0 Å². The smallest absolute Gasteiger partial charge is 0.115 e. The van der Waals surface area contributed by atoms with Gasteiger partial charge in [-0.25, -0.2) is 0 Å². The Morgan fingerprint density at radius 1 is 1.18 bits per heavy atom. The minimum absolute atomic E-state index is 0.0812. The lowest BCUT2D eigenvalue weighted by Gasteiger charge is -2.53. The molecule has 4 rings (SSSR count). The van der Waals surface area contributed by atoms with Crippen molar-refractivity contribution in [1.29, 1.82) is 0 Å². The Kier molecular flexibility index (Phi) is 2.93. The highest BCUT2D eigenvalue weighted by Crippen LogP contribution is 2.67. The molecular formula is C21H26O. The molecule has 3 aliphatic rings. The standard InChI is InChI=1S/C21H26O/c1-4-20(2)11-10-19-18-7-5-14-13-15(22)6-8-16(14)17(18)9-12-21(19,20)3/h1,6,8,13,17-19,22H,5,7,9-12H2,2-3H3/t17-,18+,19+,20-,21+/m1/s1. The molecule has 1 aromatic carbocycles. The van der Waals surface area contributed by atoms with E-state index in [9.17, 15) is 5.11 Å². The highest BCUT2D eigenvalue weighted by molar-refractivity contribution is 5.40. The first-order valence-electron chi connectivity index (χ1n) is 8.78. The van der Waals surface area contributed by atoms with Crippen LogP contribution in [0.3, 0.4) is 0 Å². The van der Waals surface area contributed by atoms with Gasteiger partial charge in [-0.2, -0.15) is 0 Å². The van der Waals surface area contributed by atoms with Gasteiger partial charge in [0.25, 0.3) is 0 Å². The van der Waals surface area contributed by atoms with Crippen LogP contribution in [0.2, 0.25) is 0 Å². The number of hydrogen-bond acceptors (Lipinski definition) is 1. The van der Waals surface area contributed by atoms with E-state index < -0.39 is 0 Å². The van der Waals surface area contributed by atoms with Crippen molar-refractivity contribution in [3.63, 3.8) is 0 Å². The van der Waals surface area contributed by atoms with E-state index in [2.05, 4.69) is 25.8 Å². The third kappa shape index (κ3) is 1.67. The minimum atomic E-state index is 0.0812. The largest absolute Gasteiger partial charge is 0.508 e. The fourth-order valence-corrected chi connectivity index (χ4v) is 6.07. The molecule has 0 heterocycles. The third-order valence-electron chi connectivity index (χ3n) is 7.63. The van der Waals surface area contributed by atoms with Crippen molar-refractivity contribution in [2.45, 2.75) is 58.3 Å². The lowest BCUT2D eigenvalue weighted by atomic mass is 9.51. The van der Waals surface area contributed by atoms with E-state index in [1.807, 2.05) is 12.1 Å². The molecule has 0 unspecified atom stereocenters. The van der Waals surface area contributed by atoms with Gasteiger partial charge in [0.1, 0.15) is 5.75 Å². The van der Waals surface area contributed by atoms with Crippen molar-refractivity contribution >= 4 is 0 Å². The quantitative estimate of drug-likeness (QED) is 0.676. The van der Waals surface area contributed by atoms with Crippen molar-refractivity contribution in [1.82, 2.24) is 0 Å². The summed E-state index contributed by atoms with van der Waals surface area (Å²) >= 11 is 0. The number of benzene rings is 1. The fourth-order valence-electron chi connectivity index (χ4n) is 6.07. The van der Waals surface area contributed by atoms with Crippen molar-refractivity contribution in [3.8, 4) is 18.1 Å². The molecule has 1 aromatic rings. The molecule has 0 amide bonds. The number of aromatic hydroxyl groups is 1. The summed E-state index contributed by atoms with van der Waals surface area (Å²) < 4.78 is 0. The lowest BCUT2D eigenvalue weighted by Crippen LogP contribution is -2.45. The van der Waals surface area contributed by atoms with Crippen LogP contribution in [0.25, 0.3) is 0 Å². The minimum Gasteiger partial charge on any atom is -0.508 e. The van der Waals surface area contributed by atoms with Crippen molar-refractivity contribution in [2.75, 3.05) is 0 Å². The van der Waals surface area contributed by atoms with Crippen LogP contribution < -0.4 is 0 Å². The Morgan fingerprint density at radius 2 is 2.00 bits per heavy atom. The molecule has 0 saturated heterocycles. The second kappa shape index (κ2) is 4.54. The maximum atomic E-state index is 9.75. The van der Waals surface area contributed by atoms with Crippen LogP contribution in [0, 0.1) is 35.0 Å². The zero-order valence-electron chi connectivity index (χ0n) is 13.7. The highest BCUT2D eigenvalue weighted by atomic mass is 16.3. The van der Waals surface area contributed by atoms with Gasteiger partial charge in [-0.05, 0) is 91.9 Å². The normalized spacial score (nSPS) is 42.9. The molecule has 1 heteroatoms. The first-order chi connectivity index (χ1) is 10.5. The van der Waals surface area contributed by atoms with Crippen LogP contribution in [-0.2, 0) is 6.42 Å². The van der Waals surface area contributed by atoms with Crippen LogP contribution >= 0.6 is 0 Å². The predicted octanol–water partition coefficient (Wildman–Crippen LogP) is 4.89. The number of phenols is 1. The summed E-state index contributed by atoms with van der Waals surface area (Å²) in [5.41, 5.74) is 3.28. The molecule has 116 valence electrons. The SMILES string of the molecule is C#C[C@]1(C)CC[C@H]2[C@H]3CCc4cc(O)ccc4[C@H]3CC[C@@]21C. The Balaban J connectivity index is 1.72. The molecule has 5 atom stereocenters. The number of rotatable bonds is 0. The third-order valence-corrected chi connectivity index (χ3v) is 7.63. The second-order valence-electron chi connectivity index (χ2n) is 8.27. The first-order valence-corrected chi connectivity index (χ1v) is 8.78. The van der Waals surface area contributed by atoms with Gasteiger partial charge in [-0.15, -0.1) is 6.42 Å². The topological polar surface area (TPSA) is 20.2 Å². The monoisotopic (exact) mass is 294 g/mol. The molecule has 3 aliphatic carbocycles. The van der Waals surface area contributed by atoms with E-state index in [1.165, 1.54) is 43.2 Å². The number of terminal acetylenes is 1. The van der Waals surface area contributed by atoms with Gasteiger partial charge in [0.15, 0.2) is 0 Å². The fraction of sp³-hybridized carbons (Fsp3) is 0.619. The van der Waals surface area contributed by atoms with Crippen molar-refractivity contribution < 1.29 is 5.11 Å². The van der Waals surface area contributed by atoms with E-state index in [4.69, 9.17) is 6.42 Å². The van der Waals surface area contributed by atoms with Crippen LogP contribution in [0.4, 0.5) is 0 Å². The summed E-state index contributed by atoms with van der Waals surface area (Å²) in [5.74, 6) is 5.82. The zero-order valence-corrected chi connectivity index (χ0v) is 13.7. The summed E-state index contributed by atoms with van der Waals surface area (Å²) in [6.45, 7) is 4.79. The molecule has 22 heavy (non-hydrogen) atoms. The molecule has 1 N–H and O–H groups in total. The maximum Gasteiger partial charge on any atom is 0.115 e. The van der Waals surface area contributed by atoms with E-state index in [-0.39, 0.29) is 5.41 Å². The summed E-state index contributed by atoms with van der Waals surface area (Å²) in [5, 5.41) is 9.75. The molecule has 0 aromatic heterocycles. The van der Waals surface area contributed by atoms with Gasteiger partial charge in [-0.1, -0.05) is 18.9 Å². The molecule has 0 radical (unpaired) electrons. The molecule has 0 bridgehead atoms. The van der Waals surface area contributed by atoms with E-state index in [0.29, 0.717) is 17.1 Å². The molecule has 2 fully saturated rings. The van der Waals surface area contributed by atoms with Gasteiger partial charge in [0.05, 0.1) is 0 Å². The summed E-state index contributed by atoms with van der Waals surface area (Å²) in [4.78, 5) is 0. The summed E-state index contributed by atoms with van der Waals surface area (Å²) in [6, 6.07) is 6.04. The lowest BCUT2D eigenvalue weighted by molar-refractivity contribution is 0.00890. The van der Waals surface area contributed by atoms with Gasteiger partial charge in [0.2, 0.25) is 0 Å². The summed E-state index contributed by atoms with van der Waals surface area (Å²) in [6.07, 6.45) is 13.3. The number of fused-ring (bicyclic) bond motifs is 5. The van der Waals surface area contributed by atoms with Gasteiger partial charge in [-0.3, -0.25) is 0 Å². The van der Waals surface area contributed by atoms with E-state index in [1.54, 1.807) is 0 Å². The molecule has 0 aliphatic heterocycles. The van der Waals surface area contributed by atoms with Gasteiger partial charge in [0, 0.05) is 5.41 Å². The van der Waals surface area contributed by atoms with Crippen LogP contribution in [-0.4, -0.2) is 5.11 Å². The Bertz CT molecular complexity index is 654. The molecule has 1 nitrogen and oxygen atoms in total. The number of aryl methyl sites for hydroxylation is 1. The first kappa shape index (κ1) is 14.2. The predicted molar refractivity (Wildman–Crippen MR) is 89.7 cm³/mol. The Labute approximate surface area is 134 Å². The average molecular weight is 294 g/mol. The molecule has 0 spiro atoms. The number of phenolic OH excluding ortho intramolecular Hbond substituents is 1. The maximum absolute atomic E-state index is 9.75. The second-order valence-corrected chi connectivity index (χ2v) is 8.27. The number of hydrogen-bond donors (Lipinski definition) is 1. The van der Waals surface area contributed by atoms with Crippen LogP contribution in [0.15, 0.2) is 18.2 Å². The summed E-state index contributed by atoms with van der Waals surface area (Å²) in [7, 11) is 0. The molecular weight excluding hydrogens is 268 g/mol. The zero-order chi connectivity index (χ0) is 15.5. The highest BCUT2D eigenvalue weighted by Gasteiger charge is 2.59. The van der Waals surface area contributed by atoms with Crippen LogP contribution in [0.1, 0.15) is 63.0 Å². The van der Waals surface area contributed by atoms with Crippen molar-refractivity contribution in [3.05, 3.63) is 29.3 Å². The Hall–Kier alpha value is -1.42. The van der Waals surface area contributed by atoms with Crippen LogP contribution in [0.5, 0.6) is 5.75 Å². The van der Waals surface area contributed by atoms with Crippen molar-refractivity contribution in [2.24, 2.45) is 22.7 Å².